The smallest absolute Gasteiger partial charge is 0.275 e. The fraction of sp³-hybridized carbons (Fsp3) is 0.474. The number of nitrogens with zero attached hydrogens (tertiary/aromatic N) is 4. The van der Waals surface area contributed by atoms with Gasteiger partial charge in [0, 0.05) is 31.6 Å². The van der Waals surface area contributed by atoms with Crippen LogP contribution in [0.3, 0.4) is 0 Å². The Labute approximate surface area is 157 Å². The Morgan fingerprint density at radius 2 is 2.00 bits per heavy atom. The molecule has 0 radical (unpaired) electrons. The van der Waals surface area contributed by atoms with Gasteiger partial charge in [-0.3, -0.25) is 9.59 Å². The predicted octanol–water partition coefficient (Wildman–Crippen LogP) is 2.50. The van der Waals surface area contributed by atoms with Crippen LogP contribution in [0.4, 0.5) is 0 Å². The molecule has 2 aliphatic heterocycles. The summed E-state index contributed by atoms with van der Waals surface area (Å²) in [5.74, 6) is 0.178. The van der Waals surface area contributed by atoms with Gasteiger partial charge in [-0.2, -0.15) is 0 Å². The molecule has 0 bridgehead atoms. The van der Waals surface area contributed by atoms with Crippen molar-refractivity contribution in [1.29, 1.82) is 0 Å². The van der Waals surface area contributed by atoms with Crippen molar-refractivity contribution in [1.82, 2.24) is 19.4 Å². The highest BCUT2D eigenvalue weighted by Gasteiger charge is 2.48. The first-order valence-corrected chi connectivity index (χ1v) is 9.82. The molecular weight excluding hydrogens is 348 g/mol. The van der Waals surface area contributed by atoms with Crippen molar-refractivity contribution < 1.29 is 9.59 Å². The molecule has 2 saturated heterocycles. The minimum Gasteiger partial charge on any atom is -0.338 e. The largest absolute Gasteiger partial charge is 0.338 e. The van der Waals surface area contributed by atoms with Gasteiger partial charge in [-0.15, -0.1) is 5.10 Å². The average Bonchev–Trinajstić information content (AvgIpc) is 3.27. The molecule has 6 nitrogen and oxygen atoms in total. The van der Waals surface area contributed by atoms with E-state index in [2.05, 4.69) is 34.7 Å². The Bertz CT molecular complexity index is 813. The van der Waals surface area contributed by atoms with Crippen LogP contribution in [0.2, 0.25) is 0 Å². The zero-order chi connectivity index (χ0) is 18.1. The first kappa shape index (κ1) is 17.1. The molecule has 0 atom stereocenters. The molecule has 0 N–H and O–H groups in total. The van der Waals surface area contributed by atoms with Crippen molar-refractivity contribution >= 4 is 23.3 Å². The van der Waals surface area contributed by atoms with Crippen molar-refractivity contribution in [2.75, 3.05) is 19.6 Å². The van der Waals surface area contributed by atoms with E-state index in [4.69, 9.17) is 0 Å². The SMILES string of the molecule is Cc1cccc(CN2CCC3(CCN(C(=O)c4csnn4)CC3)C2=O)c1. The lowest BCUT2D eigenvalue weighted by atomic mass is 9.77. The molecule has 2 amide bonds. The lowest BCUT2D eigenvalue weighted by Gasteiger charge is -2.37. The van der Waals surface area contributed by atoms with Gasteiger partial charge < -0.3 is 9.80 Å². The van der Waals surface area contributed by atoms with Gasteiger partial charge in [0.1, 0.15) is 0 Å². The van der Waals surface area contributed by atoms with Crippen LogP contribution in [0.25, 0.3) is 0 Å². The molecular formula is C19H22N4O2S. The van der Waals surface area contributed by atoms with Gasteiger partial charge >= 0.3 is 0 Å². The molecule has 0 unspecified atom stereocenters. The number of aryl methyl sites for hydroxylation is 1. The van der Waals surface area contributed by atoms with Gasteiger partial charge in [-0.1, -0.05) is 34.3 Å². The second-order valence-corrected chi connectivity index (χ2v) is 7.94. The molecule has 4 rings (SSSR count). The molecule has 26 heavy (non-hydrogen) atoms. The maximum atomic E-state index is 13.1. The second kappa shape index (κ2) is 6.79. The Kier molecular flexibility index (Phi) is 4.48. The normalized spacial score (nSPS) is 19.3. The summed E-state index contributed by atoms with van der Waals surface area (Å²) in [6, 6.07) is 8.33. The minimum absolute atomic E-state index is 0.0735. The van der Waals surface area contributed by atoms with Crippen LogP contribution >= 0.6 is 11.5 Å². The van der Waals surface area contributed by atoms with Crippen LogP contribution in [0.15, 0.2) is 29.6 Å². The van der Waals surface area contributed by atoms with E-state index in [1.54, 1.807) is 10.3 Å². The monoisotopic (exact) mass is 370 g/mol. The quantitative estimate of drug-likeness (QED) is 0.833. The van der Waals surface area contributed by atoms with E-state index in [1.165, 1.54) is 22.7 Å². The van der Waals surface area contributed by atoms with Gasteiger partial charge in [-0.05, 0) is 43.3 Å². The van der Waals surface area contributed by atoms with Gasteiger partial charge in [0.05, 0.1) is 5.41 Å². The van der Waals surface area contributed by atoms with E-state index >= 15 is 0 Å². The number of rotatable bonds is 3. The number of hydrogen-bond acceptors (Lipinski definition) is 5. The number of benzene rings is 1. The van der Waals surface area contributed by atoms with E-state index in [0.717, 1.165) is 25.8 Å². The highest BCUT2D eigenvalue weighted by molar-refractivity contribution is 7.03. The summed E-state index contributed by atoms with van der Waals surface area (Å²) in [4.78, 5) is 29.3. The fourth-order valence-electron chi connectivity index (χ4n) is 4.10. The molecule has 2 aliphatic rings. The molecule has 7 heteroatoms. The molecule has 1 aromatic carbocycles. The summed E-state index contributed by atoms with van der Waals surface area (Å²) in [5, 5.41) is 5.54. The number of piperidine rings is 1. The number of carbonyl (C=O) groups excluding carboxylic acids is 2. The maximum Gasteiger partial charge on any atom is 0.275 e. The topological polar surface area (TPSA) is 66.4 Å². The minimum atomic E-state index is -0.291. The third kappa shape index (κ3) is 3.11. The summed E-state index contributed by atoms with van der Waals surface area (Å²) in [7, 11) is 0. The zero-order valence-electron chi connectivity index (χ0n) is 14.9. The Morgan fingerprint density at radius 3 is 2.69 bits per heavy atom. The van der Waals surface area contributed by atoms with E-state index < -0.39 is 0 Å². The average molecular weight is 370 g/mol. The van der Waals surface area contributed by atoms with Crippen LogP contribution in [-0.2, 0) is 11.3 Å². The van der Waals surface area contributed by atoms with Crippen molar-refractivity contribution in [2.24, 2.45) is 5.41 Å². The van der Waals surface area contributed by atoms with Crippen LogP contribution in [0.5, 0.6) is 0 Å². The number of hydrogen-bond donors (Lipinski definition) is 0. The number of likely N-dealkylation sites (tertiary alicyclic amines) is 2. The Hall–Kier alpha value is -2.28. The molecule has 0 saturated carbocycles. The number of carbonyl (C=O) groups is 2. The molecule has 0 aliphatic carbocycles. The maximum absolute atomic E-state index is 13.1. The van der Waals surface area contributed by atoms with E-state index in [1.807, 2.05) is 11.0 Å². The van der Waals surface area contributed by atoms with Crippen molar-refractivity contribution in [3.05, 3.63) is 46.5 Å². The Balaban J connectivity index is 1.40. The van der Waals surface area contributed by atoms with Crippen molar-refractivity contribution in [2.45, 2.75) is 32.7 Å². The van der Waals surface area contributed by atoms with Crippen molar-refractivity contribution in [3.8, 4) is 0 Å². The zero-order valence-corrected chi connectivity index (χ0v) is 15.7. The lowest BCUT2D eigenvalue weighted by Crippen LogP contribution is -2.46. The van der Waals surface area contributed by atoms with Crippen molar-refractivity contribution in [3.63, 3.8) is 0 Å². The van der Waals surface area contributed by atoms with Crippen LogP contribution in [0, 0.1) is 12.3 Å². The molecule has 136 valence electrons. The summed E-state index contributed by atoms with van der Waals surface area (Å²) >= 11 is 1.18. The number of aromatic nitrogens is 2. The van der Waals surface area contributed by atoms with Crippen LogP contribution in [0.1, 0.15) is 40.9 Å². The van der Waals surface area contributed by atoms with Gasteiger partial charge in [0.2, 0.25) is 5.91 Å². The standard InChI is InChI=1S/C19H22N4O2S/c1-14-3-2-4-15(11-14)12-23-10-7-19(18(23)25)5-8-22(9-6-19)17(24)16-13-26-21-20-16/h2-4,11,13H,5-10,12H2,1H3. The first-order valence-electron chi connectivity index (χ1n) is 8.99. The summed E-state index contributed by atoms with van der Waals surface area (Å²) in [6.45, 7) is 4.77. The highest BCUT2D eigenvalue weighted by Crippen LogP contribution is 2.42. The fourth-order valence-corrected chi connectivity index (χ4v) is 4.53. The predicted molar refractivity (Wildman–Crippen MR) is 98.7 cm³/mol. The first-order chi connectivity index (χ1) is 12.6. The van der Waals surface area contributed by atoms with Gasteiger partial charge in [-0.25, -0.2) is 0 Å². The molecule has 2 fully saturated rings. The third-order valence-electron chi connectivity index (χ3n) is 5.64. The van der Waals surface area contributed by atoms with E-state index in [9.17, 15) is 9.59 Å². The highest BCUT2D eigenvalue weighted by atomic mass is 32.1. The molecule has 2 aromatic rings. The summed E-state index contributed by atoms with van der Waals surface area (Å²) in [5.41, 5.74) is 2.51. The number of amides is 2. The summed E-state index contributed by atoms with van der Waals surface area (Å²) in [6.07, 6.45) is 2.36. The summed E-state index contributed by atoms with van der Waals surface area (Å²) < 4.78 is 3.76. The van der Waals surface area contributed by atoms with Gasteiger partial charge in [0.25, 0.3) is 5.91 Å². The van der Waals surface area contributed by atoms with E-state index in [-0.39, 0.29) is 17.2 Å². The van der Waals surface area contributed by atoms with Gasteiger partial charge in [0.15, 0.2) is 5.69 Å². The van der Waals surface area contributed by atoms with E-state index in [0.29, 0.717) is 25.3 Å². The molecule has 1 aromatic heterocycles. The Morgan fingerprint density at radius 1 is 1.23 bits per heavy atom. The third-order valence-corrected chi connectivity index (χ3v) is 6.15. The lowest BCUT2D eigenvalue weighted by molar-refractivity contribution is -0.138. The van der Waals surface area contributed by atoms with Crippen LogP contribution < -0.4 is 0 Å². The second-order valence-electron chi connectivity index (χ2n) is 7.33. The van der Waals surface area contributed by atoms with Crippen LogP contribution in [-0.4, -0.2) is 50.8 Å². The molecule has 1 spiro atoms. The molecule has 3 heterocycles.